The number of aromatic nitrogens is 1. The number of hydrogen-bond acceptors (Lipinski definition) is 9. The Kier molecular flexibility index (Phi) is 10.2. The fourth-order valence-corrected chi connectivity index (χ4v) is 6.25. The fraction of sp³-hybridized carbons (Fsp3) is 0.278. The van der Waals surface area contributed by atoms with E-state index in [1.54, 1.807) is 55.5 Å². The van der Waals surface area contributed by atoms with Crippen molar-refractivity contribution in [3.05, 3.63) is 111 Å². The van der Waals surface area contributed by atoms with Gasteiger partial charge in [0.15, 0.2) is 5.13 Å². The largest absolute Gasteiger partial charge is 0.507 e. The number of anilines is 1. The Morgan fingerprint density at radius 3 is 2.33 bits per heavy atom. The van der Waals surface area contributed by atoms with Gasteiger partial charge in [0.2, 0.25) is 0 Å². The van der Waals surface area contributed by atoms with Gasteiger partial charge in [0.25, 0.3) is 5.78 Å². The number of amides is 1. The lowest BCUT2D eigenvalue weighted by Crippen LogP contribution is -2.29. The zero-order chi connectivity index (χ0) is 32.8. The number of thiazole rings is 1. The van der Waals surface area contributed by atoms with Gasteiger partial charge in [-0.05, 0) is 67.8 Å². The number of ketones is 1. The average molecular weight is 641 g/mol. The first-order valence-corrected chi connectivity index (χ1v) is 15.9. The van der Waals surface area contributed by atoms with Crippen LogP contribution in [0.3, 0.4) is 0 Å². The van der Waals surface area contributed by atoms with Crippen molar-refractivity contribution in [2.75, 3.05) is 18.6 Å². The number of nitrogens with zero attached hydrogens (tertiary/aromatic N) is 2. The van der Waals surface area contributed by atoms with Crippen LogP contribution in [0.15, 0.2) is 78.4 Å². The van der Waals surface area contributed by atoms with E-state index >= 15 is 0 Å². The minimum Gasteiger partial charge on any atom is -0.507 e. The van der Waals surface area contributed by atoms with Crippen molar-refractivity contribution in [2.45, 2.75) is 52.7 Å². The molecule has 1 unspecified atom stereocenters. The highest BCUT2D eigenvalue weighted by Gasteiger charge is 2.48. The predicted octanol–water partition coefficient (Wildman–Crippen LogP) is 7.32. The van der Waals surface area contributed by atoms with E-state index in [0.29, 0.717) is 41.5 Å². The van der Waals surface area contributed by atoms with E-state index in [1.807, 2.05) is 31.2 Å². The van der Waals surface area contributed by atoms with Crippen LogP contribution < -0.4 is 14.4 Å². The van der Waals surface area contributed by atoms with Crippen molar-refractivity contribution in [3.8, 4) is 11.5 Å². The molecule has 1 aromatic heterocycles. The van der Waals surface area contributed by atoms with Crippen LogP contribution in [0, 0.1) is 13.8 Å². The van der Waals surface area contributed by atoms with Crippen LogP contribution >= 0.6 is 11.3 Å². The molecule has 10 heteroatoms. The molecule has 0 bridgehead atoms. The van der Waals surface area contributed by atoms with Gasteiger partial charge in [0.05, 0.1) is 31.0 Å². The minimum absolute atomic E-state index is 0.0949. The van der Waals surface area contributed by atoms with Crippen LogP contribution in [0.4, 0.5) is 5.13 Å². The zero-order valence-electron chi connectivity index (χ0n) is 26.2. The summed E-state index contributed by atoms with van der Waals surface area (Å²) in [5, 5.41) is 11.7. The Labute approximate surface area is 272 Å². The molecule has 0 spiro atoms. The lowest BCUT2D eigenvalue weighted by molar-refractivity contribution is -0.132. The topological polar surface area (TPSA) is 115 Å². The number of carbonyl (C=O) groups excluding carboxylic acids is 3. The van der Waals surface area contributed by atoms with Crippen LogP contribution in [-0.2, 0) is 20.9 Å². The van der Waals surface area contributed by atoms with Gasteiger partial charge < -0.3 is 19.3 Å². The Hall–Kier alpha value is -4.96. The molecule has 238 valence electrons. The summed E-state index contributed by atoms with van der Waals surface area (Å²) < 4.78 is 16.7. The number of rotatable bonds is 12. The predicted molar refractivity (Wildman–Crippen MR) is 176 cm³/mol. The highest BCUT2D eigenvalue weighted by atomic mass is 32.1. The summed E-state index contributed by atoms with van der Waals surface area (Å²) in [7, 11) is 1.26. The summed E-state index contributed by atoms with van der Waals surface area (Å²) in [5.41, 5.74) is 3.33. The average Bonchev–Trinajstić information content (AvgIpc) is 3.57. The second-order valence-corrected chi connectivity index (χ2v) is 12.0. The highest BCUT2D eigenvalue weighted by Crippen LogP contribution is 2.44. The van der Waals surface area contributed by atoms with Crippen molar-refractivity contribution in [2.24, 2.45) is 0 Å². The van der Waals surface area contributed by atoms with E-state index in [-0.39, 0.29) is 21.3 Å². The molecule has 9 nitrogen and oxygen atoms in total. The third-order valence-electron chi connectivity index (χ3n) is 7.63. The van der Waals surface area contributed by atoms with E-state index in [1.165, 1.54) is 12.0 Å². The molecule has 1 aliphatic rings. The molecule has 0 aliphatic carbocycles. The second kappa shape index (κ2) is 14.4. The Balaban J connectivity index is 1.50. The molecule has 1 atom stereocenters. The number of Topliss-reactive ketones (excluding diaryl/α,β-unsaturated/α-hetero) is 1. The Morgan fingerprint density at radius 1 is 0.957 bits per heavy atom. The van der Waals surface area contributed by atoms with Gasteiger partial charge in [0, 0.05) is 5.56 Å². The first-order valence-electron chi connectivity index (χ1n) is 15.1. The van der Waals surface area contributed by atoms with E-state index in [4.69, 9.17) is 14.2 Å². The van der Waals surface area contributed by atoms with Gasteiger partial charge in [-0.25, -0.2) is 9.78 Å². The molecular weight excluding hydrogens is 604 g/mol. The van der Waals surface area contributed by atoms with E-state index in [2.05, 4.69) is 11.9 Å². The SMILES string of the molecule is CCCCCOc1ccc(C2/C(=C(\O)c3ccc(OCc4cccc(C)c4)cc3)C(=O)C(=O)N2c2nc(C)c(C(=O)OC)s2)cc1. The summed E-state index contributed by atoms with van der Waals surface area (Å²) >= 11 is 0.950. The third kappa shape index (κ3) is 6.97. The first-order chi connectivity index (χ1) is 22.2. The molecule has 1 fully saturated rings. The second-order valence-electron chi connectivity index (χ2n) is 11.0. The normalized spacial score (nSPS) is 15.7. The Morgan fingerprint density at radius 2 is 1.65 bits per heavy atom. The summed E-state index contributed by atoms with van der Waals surface area (Å²) in [6.07, 6.45) is 3.07. The number of ether oxygens (including phenoxy) is 3. The van der Waals surface area contributed by atoms with Gasteiger partial charge in [-0.3, -0.25) is 14.5 Å². The number of benzene rings is 3. The number of aliphatic hydroxyl groups is 1. The van der Waals surface area contributed by atoms with Crippen molar-refractivity contribution >= 4 is 39.9 Å². The van der Waals surface area contributed by atoms with Gasteiger partial charge >= 0.3 is 11.9 Å². The molecular formula is C36H36N2O7S. The van der Waals surface area contributed by atoms with E-state index < -0.39 is 23.7 Å². The maximum Gasteiger partial charge on any atom is 0.350 e. The zero-order valence-corrected chi connectivity index (χ0v) is 27.1. The third-order valence-corrected chi connectivity index (χ3v) is 8.77. The maximum atomic E-state index is 13.6. The molecule has 0 saturated carbocycles. The summed E-state index contributed by atoms with van der Waals surface area (Å²) in [4.78, 5) is 45.5. The number of carbonyl (C=O) groups is 3. The van der Waals surface area contributed by atoms with Crippen molar-refractivity contribution in [1.29, 1.82) is 0 Å². The molecule has 4 aromatic rings. The lowest BCUT2D eigenvalue weighted by Gasteiger charge is -2.23. The number of methoxy groups -OCH3 is 1. The van der Waals surface area contributed by atoms with Gasteiger partial charge in [-0.1, -0.05) is 73.1 Å². The standard InChI is InChI=1S/C36H36N2O7S/c1-5-6-7-19-44-27-15-11-25(12-16-27)30-29(32(40)34(41)38(30)36-37-23(3)33(46-36)35(42)43-4)31(39)26-13-17-28(18-14-26)45-21-24-10-8-9-22(2)20-24/h8-18,20,30,39H,5-7,19,21H2,1-4H3/b31-29+. The number of aryl methyl sites for hydroxylation is 2. The molecule has 3 aromatic carbocycles. The first kappa shape index (κ1) is 32.4. The van der Waals surface area contributed by atoms with Gasteiger partial charge in [0.1, 0.15) is 28.7 Å². The van der Waals surface area contributed by atoms with Gasteiger partial charge in [-0.15, -0.1) is 0 Å². The number of aliphatic hydroxyl groups excluding tert-OH is 1. The number of esters is 1. The smallest absolute Gasteiger partial charge is 0.350 e. The lowest BCUT2D eigenvalue weighted by atomic mass is 9.95. The van der Waals surface area contributed by atoms with Gasteiger partial charge in [-0.2, -0.15) is 0 Å². The van der Waals surface area contributed by atoms with E-state index in [0.717, 1.165) is 41.7 Å². The van der Waals surface area contributed by atoms with Crippen LogP contribution in [0.25, 0.3) is 5.76 Å². The number of unbranched alkanes of at least 4 members (excludes halogenated alkanes) is 2. The number of hydrogen-bond donors (Lipinski definition) is 1. The molecule has 5 rings (SSSR count). The molecule has 1 saturated heterocycles. The molecule has 0 radical (unpaired) electrons. The summed E-state index contributed by atoms with van der Waals surface area (Å²) in [5.74, 6) is -1.43. The minimum atomic E-state index is -1.01. The van der Waals surface area contributed by atoms with Crippen LogP contribution in [0.1, 0.15) is 69.8 Å². The maximum absolute atomic E-state index is 13.6. The Bertz CT molecular complexity index is 1760. The van der Waals surface area contributed by atoms with Crippen LogP contribution in [-0.4, -0.2) is 41.5 Å². The van der Waals surface area contributed by atoms with E-state index in [9.17, 15) is 19.5 Å². The fourth-order valence-electron chi connectivity index (χ4n) is 5.23. The van der Waals surface area contributed by atoms with Crippen LogP contribution in [0.2, 0.25) is 0 Å². The molecule has 1 amide bonds. The van der Waals surface area contributed by atoms with Crippen molar-refractivity contribution in [3.63, 3.8) is 0 Å². The molecule has 1 aliphatic heterocycles. The van der Waals surface area contributed by atoms with Crippen LogP contribution in [0.5, 0.6) is 11.5 Å². The van der Waals surface area contributed by atoms with Crippen molar-refractivity contribution in [1.82, 2.24) is 4.98 Å². The molecule has 2 heterocycles. The molecule has 46 heavy (non-hydrogen) atoms. The molecule has 1 N–H and O–H groups in total. The summed E-state index contributed by atoms with van der Waals surface area (Å²) in [6.45, 7) is 6.72. The van der Waals surface area contributed by atoms with Crippen molar-refractivity contribution < 1.29 is 33.7 Å². The monoisotopic (exact) mass is 640 g/mol. The summed E-state index contributed by atoms with van der Waals surface area (Å²) in [6, 6.07) is 20.8. The quantitative estimate of drug-likeness (QED) is 0.0563. The highest BCUT2D eigenvalue weighted by molar-refractivity contribution is 7.17.